The van der Waals surface area contributed by atoms with Crippen LogP contribution in [0, 0.1) is 6.92 Å². The van der Waals surface area contributed by atoms with Gasteiger partial charge in [-0.25, -0.2) is 15.0 Å². The predicted octanol–water partition coefficient (Wildman–Crippen LogP) is 8.96. The maximum Gasteiger partial charge on any atom is 0.340 e. The molecule has 2 aromatic heterocycles. The van der Waals surface area contributed by atoms with Crippen LogP contribution in [0.1, 0.15) is 122 Å². The van der Waals surface area contributed by atoms with Gasteiger partial charge in [-0.3, -0.25) is 24.0 Å². The summed E-state index contributed by atoms with van der Waals surface area (Å²) in [7, 11) is 8.40. The Balaban J connectivity index is 0.957. The molecule has 2 aliphatic rings. The fraction of sp³-hybridized carbons (Fsp3) is 0.464. The van der Waals surface area contributed by atoms with Crippen LogP contribution in [0.3, 0.4) is 0 Å². The first-order chi connectivity index (χ1) is 37.3. The number of imide groups is 1. The van der Waals surface area contributed by atoms with E-state index in [1.165, 1.54) is 7.11 Å². The molecule has 2 aliphatic heterocycles. The van der Waals surface area contributed by atoms with Crippen LogP contribution in [-0.4, -0.2) is 144 Å². The Morgan fingerprint density at radius 1 is 0.949 bits per heavy atom. The lowest BCUT2D eigenvalue weighted by Crippen LogP contribution is -2.35. The monoisotopic (exact) mass is 1130 g/mol. The van der Waals surface area contributed by atoms with E-state index in [0.717, 1.165) is 30.5 Å². The number of hydrazone groups is 1. The zero-order chi connectivity index (χ0) is 56.3. The van der Waals surface area contributed by atoms with Crippen molar-refractivity contribution in [1.82, 2.24) is 25.3 Å². The van der Waals surface area contributed by atoms with E-state index in [4.69, 9.17) is 35.1 Å². The number of amides is 5. The second-order valence-corrected chi connectivity index (χ2v) is 23.5. The molecule has 0 unspecified atom stereocenters. The number of H-pyrrole nitrogens is 1. The molecule has 1 saturated heterocycles. The molecule has 5 amide bonds. The number of anilines is 1. The van der Waals surface area contributed by atoms with Crippen molar-refractivity contribution < 1.29 is 57.0 Å². The average molecular weight is 1130 g/mol. The number of halogens is 1. The van der Waals surface area contributed by atoms with Gasteiger partial charge in [0.2, 0.25) is 11.8 Å². The number of hydroxylamine groups is 2. The van der Waals surface area contributed by atoms with E-state index >= 15 is 0 Å². The summed E-state index contributed by atoms with van der Waals surface area (Å²) in [6, 6.07) is 16.1. The molecule has 418 valence electrons. The van der Waals surface area contributed by atoms with Gasteiger partial charge in [0.1, 0.15) is 23.7 Å². The van der Waals surface area contributed by atoms with Gasteiger partial charge in [-0.1, -0.05) is 34.9 Å². The van der Waals surface area contributed by atoms with Crippen molar-refractivity contribution >= 4 is 108 Å². The lowest BCUT2D eigenvalue weighted by atomic mass is 9.93. The van der Waals surface area contributed by atoms with Crippen molar-refractivity contribution in [2.75, 3.05) is 77.1 Å². The summed E-state index contributed by atoms with van der Waals surface area (Å²) in [6.07, 6.45) is 2.17. The molecule has 0 bridgehead atoms. The number of carbonyl (C=O) groups is 7. The minimum absolute atomic E-state index is 0.0141. The molecule has 7 rings (SSSR count). The highest BCUT2D eigenvalue weighted by Gasteiger charge is 2.39. The average Bonchev–Trinajstić information content (AvgIpc) is 4.28. The number of hydrogen-bond donors (Lipinski definition) is 2. The van der Waals surface area contributed by atoms with E-state index < -0.39 is 28.5 Å². The standard InChI is InChI=1S/C56H68ClN7O12S2/c1-9-10-21-62(23-26-77-78-56(4,5)31-45(65)60-59-34(2)36-13-15-40(16-14-36)73-24-11-12-49(69)76-64-46(66)19-20-47(64)67)48(68)30-38-28-42-51(52-50(55(71)72-8)35(3)58-53(38)52)39(32-57)33-63(42)54(70)44-29-37-27-41(17-18-43(37)75-44)74-25-22-61(6)7/h13-18,27-29,39,58H,9-12,19-26,30-33H2,1-8H3,(H,60,65)/b59-34+/t39-/m1/s1. The van der Waals surface area contributed by atoms with Crippen LogP contribution in [0.25, 0.3) is 21.9 Å². The van der Waals surface area contributed by atoms with Crippen LogP contribution in [0.2, 0.25) is 0 Å². The highest BCUT2D eigenvalue weighted by Crippen LogP contribution is 2.46. The van der Waals surface area contributed by atoms with Crippen LogP contribution in [0.4, 0.5) is 5.69 Å². The van der Waals surface area contributed by atoms with Gasteiger partial charge in [0.25, 0.3) is 17.7 Å². The quantitative estimate of drug-likeness (QED) is 0.00953. The van der Waals surface area contributed by atoms with Crippen LogP contribution in [0.15, 0.2) is 64.1 Å². The molecule has 78 heavy (non-hydrogen) atoms. The second kappa shape index (κ2) is 26.9. The van der Waals surface area contributed by atoms with Crippen molar-refractivity contribution in [2.45, 2.75) is 96.7 Å². The minimum atomic E-state index is -0.687. The number of fused-ring (bicyclic) bond motifs is 4. The molecule has 0 radical (unpaired) electrons. The van der Waals surface area contributed by atoms with Gasteiger partial charge >= 0.3 is 11.9 Å². The SMILES string of the molecule is CCCCN(CCSSC(C)(C)CC(=O)N/N=C(\C)c1ccc(OCCCC(=O)ON2C(=O)CCC2=O)cc1)C(=O)Cc1cc2c(c3c(C(=O)OC)c(C)[nH]c13)[C@H](CCl)CN2C(=O)c1cc2cc(OCCN(C)C)ccc2o1. The molecule has 1 fully saturated rings. The first-order valence-corrected chi connectivity index (χ1v) is 28.8. The van der Waals surface area contributed by atoms with Gasteiger partial charge in [-0.15, -0.1) is 16.7 Å². The van der Waals surface area contributed by atoms with Gasteiger partial charge in [0, 0.05) is 89.9 Å². The minimum Gasteiger partial charge on any atom is -0.494 e. The third kappa shape index (κ3) is 14.8. The normalized spacial score (nSPS) is 14.6. The number of alkyl halides is 1. The van der Waals surface area contributed by atoms with E-state index in [1.54, 1.807) is 76.7 Å². The Hall–Kier alpha value is -6.55. The molecular formula is C56H68ClN7O12S2. The molecule has 0 saturated carbocycles. The Kier molecular flexibility index (Phi) is 20.4. The predicted molar refractivity (Wildman–Crippen MR) is 302 cm³/mol. The number of aromatic nitrogens is 1. The number of ether oxygens (including phenoxy) is 3. The second-order valence-electron chi connectivity index (χ2n) is 20.1. The lowest BCUT2D eigenvalue weighted by molar-refractivity contribution is -0.197. The Morgan fingerprint density at radius 2 is 1.67 bits per heavy atom. The summed E-state index contributed by atoms with van der Waals surface area (Å²) in [4.78, 5) is 105. The van der Waals surface area contributed by atoms with Gasteiger partial charge in [0.15, 0.2) is 5.76 Å². The Morgan fingerprint density at radius 3 is 2.36 bits per heavy atom. The van der Waals surface area contributed by atoms with Crippen molar-refractivity contribution in [3.63, 3.8) is 0 Å². The number of unbranched alkanes of at least 4 members (excludes halogenated alkanes) is 1. The molecule has 3 aromatic carbocycles. The summed E-state index contributed by atoms with van der Waals surface area (Å²) in [6.45, 7) is 12.2. The van der Waals surface area contributed by atoms with Crippen molar-refractivity contribution in [3.8, 4) is 11.5 Å². The third-order valence-corrected chi connectivity index (χ3v) is 16.8. The van der Waals surface area contributed by atoms with E-state index in [9.17, 15) is 33.6 Å². The van der Waals surface area contributed by atoms with E-state index in [1.807, 2.05) is 55.9 Å². The van der Waals surface area contributed by atoms with Crippen molar-refractivity contribution in [1.29, 1.82) is 0 Å². The van der Waals surface area contributed by atoms with Crippen LogP contribution in [-0.2, 0) is 40.0 Å². The van der Waals surface area contributed by atoms with Crippen LogP contribution in [0.5, 0.6) is 11.5 Å². The maximum atomic E-state index is 14.6. The highest BCUT2D eigenvalue weighted by molar-refractivity contribution is 8.77. The number of nitrogens with zero attached hydrogens (tertiary/aromatic N) is 5. The Labute approximate surface area is 466 Å². The largest absolute Gasteiger partial charge is 0.494 e. The van der Waals surface area contributed by atoms with Gasteiger partial charge < -0.3 is 43.1 Å². The number of nitrogens with one attached hydrogen (secondary N) is 2. The third-order valence-electron chi connectivity index (χ3n) is 13.2. The summed E-state index contributed by atoms with van der Waals surface area (Å²) in [5.74, 6) is -1.30. The molecule has 22 heteroatoms. The molecule has 4 heterocycles. The van der Waals surface area contributed by atoms with Gasteiger partial charge in [-0.05, 0) is 126 Å². The number of esters is 1. The smallest absolute Gasteiger partial charge is 0.340 e. The van der Waals surface area contributed by atoms with E-state index in [-0.39, 0.29) is 80.5 Å². The highest BCUT2D eigenvalue weighted by atomic mass is 35.5. The molecule has 1 atom stereocenters. The fourth-order valence-electron chi connectivity index (χ4n) is 9.14. The van der Waals surface area contributed by atoms with Crippen LogP contribution < -0.4 is 19.8 Å². The first kappa shape index (κ1) is 59.1. The topological polar surface area (TPSA) is 223 Å². The summed E-state index contributed by atoms with van der Waals surface area (Å²) in [5.41, 5.74) is 7.94. The number of hydrogen-bond acceptors (Lipinski definition) is 16. The van der Waals surface area contributed by atoms with E-state index in [2.05, 4.69) is 22.4 Å². The number of rotatable bonds is 27. The first-order valence-electron chi connectivity index (χ1n) is 26.0. The number of furan rings is 1. The summed E-state index contributed by atoms with van der Waals surface area (Å²) < 4.78 is 22.6. The van der Waals surface area contributed by atoms with Gasteiger partial charge in [0.05, 0.1) is 43.4 Å². The fourth-order valence-corrected chi connectivity index (χ4v) is 11.9. The zero-order valence-electron chi connectivity index (χ0n) is 45.4. The number of methoxy groups -OCH3 is 1. The van der Waals surface area contributed by atoms with E-state index in [0.29, 0.717) is 98.5 Å². The molecular weight excluding hydrogens is 1060 g/mol. The molecule has 0 aliphatic carbocycles. The number of benzene rings is 3. The molecule has 5 aromatic rings. The van der Waals surface area contributed by atoms with Gasteiger partial charge in [-0.2, -0.15) is 5.10 Å². The van der Waals surface area contributed by atoms with Crippen molar-refractivity contribution in [2.24, 2.45) is 5.10 Å². The summed E-state index contributed by atoms with van der Waals surface area (Å²) >= 11 is 6.67. The molecule has 19 nitrogen and oxygen atoms in total. The Bertz CT molecular complexity index is 3050. The number of aromatic amines is 1. The number of likely N-dealkylation sites (N-methyl/N-ethyl adjacent to an activating group) is 1. The number of carbonyl (C=O) groups excluding carboxylic acids is 7. The van der Waals surface area contributed by atoms with Crippen molar-refractivity contribution in [3.05, 3.63) is 88.3 Å². The molecule has 2 N–H and O–H groups in total. The lowest BCUT2D eigenvalue weighted by Gasteiger charge is -2.25. The van der Waals surface area contributed by atoms with Crippen LogP contribution >= 0.6 is 33.2 Å². The number of aryl methyl sites for hydroxylation is 1. The zero-order valence-corrected chi connectivity index (χ0v) is 47.8. The maximum absolute atomic E-state index is 14.6. The summed E-state index contributed by atoms with van der Waals surface area (Å²) in [5, 5.41) is 6.14. The molecule has 0 spiro atoms.